The van der Waals surface area contributed by atoms with Gasteiger partial charge in [0.15, 0.2) is 0 Å². The molecule has 3 aromatic rings. The van der Waals surface area contributed by atoms with E-state index in [-0.39, 0.29) is 17.7 Å². The highest BCUT2D eigenvalue weighted by atomic mass is 19.1. The monoisotopic (exact) mass is 489 g/mol. The maximum Gasteiger partial charge on any atom is 0.131 e. The molecule has 0 aliphatic carbocycles. The van der Waals surface area contributed by atoms with Crippen molar-refractivity contribution in [3.05, 3.63) is 83.7 Å². The van der Waals surface area contributed by atoms with Crippen LogP contribution in [0.1, 0.15) is 37.3 Å². The first kappa shape index (κ1) is 24.2. The zero-order chi connectivity index (χ0) is 24.9. The lowest BCUT2D eigenvalue weighted by atomic mass is 9.87. The second-order valence-electron chi connectivity index (χ2n) is 9.33. The summed E-state index contributed by atoms with van der Waals surface area (Å²) < 4.78 is 30.6. The number of piperidine rings is 1. The number of halogens is 1. The minimum absolute atomic E-state index is 0.171. The molecule has 1 saturated heterocycles. The number of aromatic hydroxyl groups is 1. The lowest BCUT2D eigenvalue weighted by Gasteiger charge is -2.33. The summed E-state index contributed by atoms with van der Waals surface area (Å²) in [6.07, 6.45) is 3.91. The van der Waals surface area contributed by atoms with E-state index in [9.17, 15) is 9.50 Å². The number of para-hydroxylation sites is 1. The second kappa shape index (κ2) is 11.0. The first-order valence-electron chi connectivity index (χ1n) is 12.6. The highest BCUT2D eigenvalue weighted by Crippen LogP contribution is 2.46. The first-order valence-corrected chi connectivity index (χ1v) is 12.6. The topological polar surface area (TPSA) is 51.2 Å². The molecule has 0 amide bonds. The quantitative estimate of drug-likeness (QED) is 0.475. The van der Waals surface area contributed by atoms with Gasteiger partial charge in [-0.25, -0.2) is 4.39 Å². The van der Waals surface area contributed by atoms with E-state index in [1.54, 1.807) is 18.2 Å². The molecule has 3 heterocycles. The number of phenolic OH excluding ortho intramolecular Hbond substituents is 1. The van der Waals surface area contributed by atoms with E-state index in [0.29, 0.717) is 18.1 Å². The lowest BCUT2D eigenvalue weighted by Crippen LogP contribution is -2.33. The summed E-state index contributed by atoms with van der Waals surface area (Å²) >= 11 is 0. The van der Waals surface area contributed by atoms with Crippen LogP contribution >= 0.6 is 0 Å². The van der Waals surface area contributed by atoms with Gasteiger partial charge in [-0.1, -0.05) is 24.6 Å². The van der Waals surface area contributed by atoms with Gasteiger partial charge in [-0.2, -0.15) is 0 Å². The van der Waals surface area contributed by atoms with Crippen molar-refractivity contribution in [2.75, 3.05) is 32.8 Å². The zero-order valence-corrected chi connectivity index (χ0v) is 20.6. The molecule has 3 aromatic carbocycles. The molecular formula is C30H32FNO4. The number of rotatable bonds is 4. The van der Waals surface area contributed by atoms with Gasteiger partial charge in [0, 0.05) is 41.0 Å². The van der Waals surface area contributed by atoms with Crippen LogP contribution in [0.3, 0.4) is 0 Å². The van der Waals surface area contributed by atoms with E-state index in [1.807, 2.05) is 43.3 Å². The summed E-state index contributed by atoms with van der Waals surface area (Å²) in [4.78, 5) is 2.49. The summed E-state index contributed by atoms with van der Waals surface area (Å²) in [6, 6.07) is 19.7. The van der Waals surface area contributed by atoms with Crippen LogP contribution < -0.4 is 14.2 Å². The molecule has 1 atom stereocenters. The summed E-state index contributed by atoms with van der Waals surface area (Å²) in [5, 5.41) is 9.57. The third-order valence-electron chi connectivity index (χ3n) is 6.80. The normalized spacial score (nSPS) is 18.4. The molecule has 1 N–H and O–H groups in total. The maximum absolute atomic E-state index is 13.4. The Hall–Kier alpha value is -3.51. The van der Waals surface area contributed by atoms with Crippen LogP contribution in [0.25, 0.3) is 11.1 Å². The molecule has 0 saturated carbocycles. The number of fused-ring (bicyclic) bond motifs is 4. The van der Waals surface area contributed by atoms with E-state index < -0.39 is 0 Å². The van der Waals surface area contributed by atoms with Crippen LogP contribution in [0.15, 0.2) is 66.7 Å². The summed E-state index contributed by atoms with van der Waals surface area (Å²) in [5.74, 6) is 2.04. The molecule has 6 rings (SSSR count). The molecule has 0 spiro atoms. The Morgan fingerprint density at radius 1 is 0.944 bits per heavy atom. The Bertz CT molecular complexity index is 1220. The summed E-state index contributed by atoms with van der Waals surface area (Å²) in [5.41, 5.74) is 3.83. The third kappa shape index (κ3) is 5.49. The Labute approximate surface area is 211 Å². The molecule has 1 fully saturated rings. The molecule has 6 heteroatoms. The van der Waals surface area contributed by atoms with Crippen LogP contribution in [-0.2, 0) is 0 Å². The average molecular weight is 490 g/mol. The van der Waals surface area contributed by atoms with E-state index in [2.05, 4.69) is 4.90 Å². The Kier molecular flexibility index (Phi) is 7.42. The molecule has 0 radical (unpaired) electrons. The van der Waals surface area contributed by atoms with E-state index >= 15 is 0 Å². The van der Waals surface area contributed by atoms with Crippen LogP contribution in [0.2, 0.25) is 0 Å². The number of ether oxygens (including phenoxy) is 3. The number of hydrogen-bond acceptors (Lipinski definition) is 5. The highest BCUT2D eigenvalue weighted by molar-refractivity contribution is 5.98. The predicted molar refractivity (Wildman–Crippen MR) is 139 cm³/mol. The minimum Gasteiger partial charge on any atom is -0.508 e. The smallest absolute Gasteiger partial charge is 0.131 e. The molecule has 188 valence electrons. The van der Waals surface area contributed by atoms with E-state index in [0.717, 1.165) is 41.2 Å². The van der Waals surface area contributed by atoms with Crippen molar-refractivity contribution in [1.29, 1.82) is 0 Å². The van der Waals surface area contributed by atoms with Crippen molar-refractivity contribution in [2.45, 2.75) is 32.3 Å². The predicted octanol–water partition coefficient (Wildman–Crippen LogP) is 6.17. The lowest BCUT2D eigenvalue weighted by molar-refractivity contribution is 0.183. The maximum atomic E-state index is 13.4. The summed E-state index contributed by atoms with van der Waals surface area (Å²) in [6.45, 7) is 6.69. The van der Waals surface area contributed by atoms with Crippen molar-refractivity contribution < 1.29 is 23.7 Å². The molecular weight excluding hydrogens is 457 g/mol. The van der Waals surface area contributed by atoms with E-state index in [4.69, 9.17) is 14.2 Å². The van der Waals surface area contributed by atoms with Gasteiger partial charge in [-0.15, -0.1) is 0 Å². The fourth-order valence-corrected chi connectivity index (χ4v) is 5.02. The van der Waals surface area contributed by atoms with Crippen molar-refractivity contribution in [3.8, 4) is 23.0 Å². The molecule has 0 bridgehead atoms. The highest BCUT2D eigenvalue weighted by Gasteiger charge is 2.32. The van der Waals surface area contributed by atoms with Crippen LogP contribution in [0.4, 0.5) is 4.39 Å². The van der Waals surface area contributed by atoms with Gasteiger partial charge in [0.1, 0.15) is 48.1 Å². The number of likely N-dealkylation sites (tertiary alicyclic amines) is 1. The van der Waals surface area contributed by atoms with Gasteiger partial charge in [-0.3, -0.25) is 4.90 Å². The Morgan fingerprint density at radius 2 is 1.72 bits per heavy atom. The molecule has 3 aliphatic heterocycles. The fraction of sp³-hybridized carbons (Fsp3) is 0.333. The van der Waals surface area contributed by atoms with Crippen molar-refractivity contribution in [1.82, 2.24) is 4.90 Å². The standard InChI is InChI=1S/C17H13FO3.C13H19NO/c1-9-17-13-5-3-11(19)7-15(13)20-8-14(17)12-4-2-10(18)6-16(12)21-9;1-3-7-13(8-4-1)15-12-11-14-9-5-2-6-10-14/h2-7,9,19H,8H2,1H3;1,3-4,7-8H,2,5-6,9-12H2. The van der Waals surface area contributed by atoms with Crippen LogP contribution in [0, 0.1) is 5.82 Å². The number of benzene rings is 3. The number of phenols is 1. The molecule has 36 heavy (non-hydrogen) atoms. The van der Waals surface area contributed by atoms with Gasteiger partial charge < -0.3 is 19.3 Å². The zero-order valence-electron chi connectivity index (χ0n) is 20.6. The van der Waals surface area contributed by atoms with Gasteiger partial charge in [0.25, 0.3) is 0 Å². The van der Waals surface area contributed by atoms with E-state index in [1.165, 1.54) is 44.5 Å². The average Bonchev–Trinajstić information content (AvgIpc) is 2.90. The largest absolute Gasteiger partial charge is 0.508 e. The Morgan fingerprint density at radius 3 is 2.53 bits per heavy atom. The molecule has 5 nitrogen and oxygen atoms in total. The fourth-order valence-electron chi connectivity index (χ4n) is 5.02. The van der Waals surface area contributed by atoms with Gasteiger partial charge in [0.05, 0.1) is 0 Å². The van der Waals surface area contributed by atoms with Crippen LogP contribution in [0.5, 0.6) is 23.0 Å². The second-order valence-corrected chi connectivity index (χ2v) is 9.33. The van der Waals surface area contributed by atoms with Crippen molar-refractivity contribution in [3.63, 3.8) is 0 Å². The van der Waals surface area contributed by atoms with Gasteiger partial charge >= 0.3 is 0 Å². The minimum atomic E-state index is -0.313. The van der Waals surface area contributed by atoms with Crippen molar-refractivity contribution in [2.24, 2.45) is 0 Å². The summed E-state index contributed by atoms with van der Waals surface area (Å²) in [7, 11) is 0. The number of hydrogen-bond donors (Lipinski definition) is 1. The SMILES string of the molecule is CC1Oc2cc(F)ccc2C2=C1c1ccc(O)cc1OC2.c1ccc(OCCN2CCCCC2)cc1. The molecule has 1 unspecified atom stereocenters. The first-order chi connectivity index (χ1) is 17.6. The third-order valence-corrected chi connectivity index (χ3v) is 6.80. The Balaban J connectivity index is 0.000000157. The van der Waals surface area contributed by atoms with Crippen molar-refractivity contribution >= 4 is 11.1 Å². The van der Waals surface area contributed by atoms with Gasteiger partial charge in [0.2, 0.25) is 0 Å². The number of nitrogens with zero attached hydrogens (tertiary/aromatic N) is 1. The van der Waals surface area contributed by atoms with Gasteiger partial charge in [-0.05, 0) is 69.3 Å². The molecule has 0 aromatic heterocycles. The van der Waals surface area contributed by atoms with Crippen LogP contribution in [-0.4, -0.2) is 49.0 Å². The molecule has 3 aliphatic rings.